The summed E-state index contributed by atoms with van der Waals surface area (Å²) < 4.78 is 107. The van der Waals surface area contributed by atoms with Gasteiger partial charge in [-0.15, -0.1) is 0 Å². The van der Waals surface area contributed by atoms with Crippen LogP contribution in [0.1, 0.15) is 226 Å². The van der Waals surface area contributed by atoms with Crippen molar-refractivity contribution in [3.05, 3.63) is 177 Å². The van der Waals surface area contributed by atoms with E-state index >= 15 is 0 Å². The largest absolute Gasteiger partial charge is 0.435 e. The number of oxime groups is 3. The minimum atomic E-state index is -4.73. The molecule has 8 aliphatic heterocycles. The van der Waals surface area contributed by atoms with Gasteiger partial charge in [0.1, 0.15) is 46.7 Å². The van der Waals surface area contributed by atoms with Crippen LogP contribution in [0.3, 0.4) is 0 Å². The molecule has 124 heavy (non-hydrogen) atoms. The molecular formula is C90H115F6N13O15. The number of halogens is 6. The number of β-amino-alcohol motifs (C(OH)–C–C–N with tert-alkyl or cyclic N) is 4. The van der Waals surface area contributed by atoms with Gasteiger partial charge in [-0.05, 0) is 91.5 Å². The molecule has 672 valence electrons. The van der Waals surface area contributed by atoms with E-state index in [1.807, 2.05) is 95.2 Å². The quantitative estimate of drug-likeness (QED) is 0.0515. The lowest BCUT2D eigenvalue weighted by molar-refractivity contribution is -0.276. The molecule has 4 N–H and O–H groups in total. The van der Waals surface area contributed by atoms with Crippen molar-refractivity contribution in [2.24, 2.45) is 44.2 Å². The maximum atomic E-state index is 14.2. The van der Waals surface area contributed by atoms with E-state index in [0.717, 1.165) is 41.3 Å². The zero-order valence-electron chi connectivity index (χ0n) is 73.2. The second-order valence-corrected chi connectivity index (χ2v) is 36.3. The molecular weight excluding hydrogens is 1620 g/mol. The Morgan fingerprint density at radius 1 is 0.411 bits per heavy atom. The Hall–Kier alpha value is -10.3. The second kappa shape index (κ2) is 37.1. The van der Waals surface area contributed by atoms with Crippen LogP contribution in [0.2, 0.25) is 0 Å². The highest BCUT2D eigenvalue weighted by atomic mass is 19.4. The van der Waals surface area contributed by atoms with E-state index in [1.54, 1.807) is 47.9 Å². The molecule has 4 fully saturated rings. The lowest BCUT2D eigenvalue weighted by Crippen LogP contribution is -2.47. The van der Waals surface area contributed by atoms with E-state index in [4.69, 9.17) is 37.7 Å². The topological polar surface area (TPSA) is 347 Å². The third-order valence-corrected chi connectivity index (χ3v) is 24.6. The van der Waals surface area contributed by atoms with Crippen molar-refractivity contribution in [3.8, 4) is 0 Å². The molecule has 15 atom stereocenters. The molecule has 0 bridgehead atoms. The van der Waals surface area contributed by atoms with E-state index in [9.17, 15) is 65.9 Å². The smallest absolute Gasteiger partial charge is 0.391 e. The van der Waals surface area contributed by atoms with E-state index < -0.39 is 102 Å². The molecule has 12 heterocycles. The van der Waals surface area contributed by atoms with Crippen LogP contribution in [0.25, 0.3) is 0 Å². The van der Waals surface area contributed by atoms with E-state index in [0.29, 0.717) is 60.2 Å². The second-order valence-electron chi connectivity index (χ2n) is 36.3. The number of carbonyl (C=O) groups excluding carboxylic acids is 4. The van der Waals surface area contributed by atoms with Gasteiger partial charge in [0, 0.05) is 119 Å². The van der Waals surface area contributed by atoms with Crippen LogP contribution in [0.4, 0.5) is 26.3 Å². The lowest BCUT2D eigenvalue weighted by atomic mass is 9.85. The Labute approximate surface area is 717 Å². The van der Waals surface area contributed by atoms with Crippen LogP contribution in [-0.4, -0.2) is 211 Å². The highest BCUT2D eigenvalue weighted by molar-refractivity contribution is 5.99. The summed E-state index contributed by atoms with van der Waals surface area (Å²) in [6.45, 7) is 34.5. The molecule has 15 rings (SSSR count). The molecule has 0 saturated carbocycles. The summed E-state index contributed by atoms with van der Waals surface area (Å²) in [5.41, 5.74) is 0.885. The van der Waals surface area contributed by atoms with Gasteiger partial charge in [-0.3, -0.25) is 24.2 Å². The van der Waals surface area contributed by atoms with Gasteiger partial charge in [0.25, 0.3) is 11.2 Å². The first-order valence-corrected chi connectivity index (χ1v) is 42.5. The van der Waals surface area contributed by atoms with Crippen LogP contribution in [0.15, 0.2) is 148 Å². The van der Waals surface area contributed by atoms with Gasteiger partial charge in [-0.25, -0.2) is 0 Å². The number of alkyl halides is 6. The maximum absolute atomic E-state index is 14.2. The van der Waals surface area contributed by atoms with Crippen molar-refractivity contribution >= 4 is 46.5 Å². The molecule has 4 amide bonds. The highest BCUT2D eigenvalue weighted by Crippen LogP contribution is 2.52. The number of nitrogens with zero attached hydrogens (tertiary/aromatic N) is 13. The number of likely N-dealkylation sites (tertiary alicyclic amines) is 4. The fourth-order valence-corrected chi connectivity index (χ4v) is 18.2. The summed E-state index contributed by atoms with van der Waals surface area (Å²) in [5.74, 6) is -1.35. The molecule has 4 aromatic heterocycles. The molecule has 8 aliphatic rings. The third kappa shape index (κ3) is 19.4. The average Bonchev–Trinajstić information content (AvgIpc) is 1.57. The number of hydrogen-bond donors (Lipinski definition) is 4. The molecule has 0 radical (unpaired) electrons. The zero-order chi connectivity index (χ0) is 90.2. The molecule has 3 aromatic carbocycles. The molecule has 7 aromatic rings. The normalized spacial score (nSPS) is 26.4. The molecule has 5 unspecified atom stereocenters. The first-order valence-electron chi connectivity index (χ1n) is 42.5. The van der Waals surface area contributed by atoms with Gasteiger partial charge in [0.15, 0.2) is 5.60 Å². The third-order valence-electron chi connectivity index (χ3n) is 24.6. The lowest BCUT2D eigenvalue weighted by Gasteiger charge is -2.31. The summed E-state index contributed by atoms with van der Waals surface area (Å²) in [6, 6.07) is 27.8. The summed E-state index contributed by atoms with van der Waals surface area (Å²) in [4.78, 5) is 76.6. The predicted octanol–water partition coefficient (Wildman–Crippen LogP) is 14.1. The number of aliphatic hydroxyl groups excluding tert-OH is 4. The summed E-state index contributed by atoms with van der Waals surface area (Å²) >= 11 is 0. The van der Waals surface area contributed by atoms with Crippen LogP contribution < -0.4 is 0 Å². The van der Waals surface area contributed by atoms with Crippen molar-refractivity contribution in [3.63, 3.8) is 0 Å². The predicted molar refractivity (Wildman–Crippen MR) is 445 cm³/mol. The van der Waals surface area contributed by atoms with Crippen molar-refractivity contribution in [1.29, 1.82) is 0 Å². The Morgan fingerprint density at radius 3 is 0.968 bits per heavy atom. The number of hydrogen-bond acceptors (Lipinski definition) is 24. The molecule has 0 aliphatic carbocycles. The Kier molecular flexibility index (Phi) is 27.8. The number of aryl methyl sites for hydroxylation is 5. The number of benzene rings is 3. The Balaban J connectivity index is 0.000000151. The van der Waals surface area contributed by atoms with Crippen LogP contribution in [0.5, 0.6) is 0 Å². The van der Waals surface area contributed by atoms with E-state index in [2.05, 4.69) is 86.1 Å². The van der Waals surface area contributed by atoms with Gasteiger partial charge in [-0.2, -0.15) is 31.4 Å². The number of aromatic nitrogens is 4. The van der Waals surface area contributed by atoms with Crippen molar-refractivity contribution in [2.75, 3.05) is 32.7 Å². The molecule has 4 saturated heterocycles. The number of rotatable bonds is 20. The Morgan fingerprint density at radius 2 is 0.702 bits per heavy atom. The molecule has 34 heteroatoms. The number of amides is 4. The molecule has 0 spiro atoms. The SMILES string of the molecule is CCN1N=C(C2CC(O)CN2C(=O)C(c2cc(C)no2)C(C)C)CC1(C)C.Cc1cc([C@@H](C(=O)N2C[C@H](O)C[C@H]2C2=NOC(c3ccccc3)(C(F)(F)F)C2)C(C)C)on1.Cc1cc([C@H](C(=O)N2C[C@H](O)C[C@H]2C2=NOC(c3ccccc3)(C(F)(F)F)C2)C(C)C)on1.Cc1ccc([C@]2(C)CC([C@@H]3C[C@@H](O)CN3C(=O)[C@@H](c3cc(C)no3)C(C)C)=NO2)cc1. The zero-order valence-corrected chi connectivity index (χ0v) is 73.2. The minimum Gasteiger partial charge on any atom is -0.391 e. The van der Waals surface area contributed by atoms with Gasteiger partial charge in [0.2, 0.25) is 23.6 Å². The summed E-state index contributed by atoms with van der Waals surface area (Å²) in [7, 11) is 0. The van der Waals surface area contributed by atoms with Gasteiger partial charge in [0.05, 0.1) is 99.7 Å². The first kappa shape index (κ1) is 92.9. The van der Waals surface area contributed by atoms with Crippen molar-refractivity contribution in [2.45, 2.75) is 276 Å². The van der Waals surface area contributed by atoms with Crippen molar-refractivity contribution < 1.29 is 98.6 Å². The average molecular weight is 1730 g/mol. The number of carbonyl (C=O) groups is 4. The van der Waals surface area contributed by atoms with Gasteiger partial charge >= 0.3 is 12.4 Å². The number of hydrazone groups is 1. The van der Waals surface area contributed by atoms with Gasteiger partial charge in [-0.1, -0.05) is 182 Å². The van der Waals surface area contributed by atoms with E-state index in [1.165, 1.54) is 63.9 Å². The van der Waals surface area contributed by atoms with Crippen LogP contribution in [0, 0.1) is 58.3 Å². The summed E-state index contributed by atoms with van der Waals surface area (Å²) in [5, 5.41) is 76.0. The fourth-order valence-electron chi connectivity index (χ4n) is 18.2. The monoisotopic (exact) mass is 1730 g/mol. The Bertz CT molecular complexity index is 4840. The van der Waals surface area contributed by atoms with Crippen LogP contribution in [-0.2, 0) is 50.5 Å². The van der Waals surface area contributed by atoms with Crippen LogP contribution >= 0.6 is 0 Å². The molecule has 28 nitrogen and oxygen atoms in total. The van der Waals surface area contributed by atoms with Crippen molar-refractivity contribution in [1.82, 2.24) is 45.2 Å². The van der Waals surface area contributed by atoms with Gasteiger partial charge < -0.3 is 72.6 Å². The minimum absolute atomic E-state index is 0.0107. The number of aliphatic hydroxyl groups is 4. The summed E-state index contributed by atoms with van der Waals surface area (Å²) in [6.07, 6.45) is -10.9. The maximum Gasteiger partial charge on any atom is 0.435 e. The fraction of sp³-hybridized carbons (Fsp3) is 0.578. The highest BCUT2D eigenvalue weighted by Gasteiger charge is 2.65. The standard InChI is InChI=1S/C24H31N3O4.2C23H26F3N3O4.C20H32N4O3/c1-14(2)22(21-10-16(4)25-30-21)23(29)27-13-18(28)11-20(27)19-12-24(5,31-26-19)17-8-6-15(3)7-9-17;2*1-13(2)20(19-9-14(3)27-32-19)21(31)29-12-16(30)10-18(29)17-11-22(33-28-17,23(24,25)26)15-7-5-4-6-8-15;1-7-24-20(5,6)10-15(21-24)16-9-14(25)11-23(16)19(26)18(12(2)3)17-8-13(4)22-27-17/h6-10,14,18,20,22,28H,11-13H2,1-5H3;2*4-9,13,16,18,20,30H,10-12H2,1-3H3;8,12,14,16,18,25H,7,9-11H2,1-6H3/t18-,20+,22-,24+;16-,18+,20+,22?;16-,18+,20-,22?;/m111./s1. The van der Waals surface area contributed by atoms with E-state index in [-0.39, 0.29) is 120 Å². The first-order chi connectivity index (χ1) is 58.4.